The fourth-order valence-corrected chi connectivity index (χ4v) is 6.73. The highest BCUT2D eigenvalue weighted by Crippen LogP contribution is 2.52. The SMILES string of the molecule is CCc1ccc(N2C(=O)CS(=O)(=O)[C@]23C(=O)N(Cc2ccc(F)cc2)c2ccccc23)cc1. The van der Waals surface area contributed by atoms with Gasteiger partial charge in [-0.25, -0.2) is 12.8 Å². The van der Waals surface area contributed by atoms with Crippen molar-refractivity contribution >= 4 is 33.0 Å². The van der Waals surface area contributed by atoms with Crippen molar-refractivity contribution in [1.29, 1.82) is 0 Å². The summed E-state index contributed by atoms with van der Waals surface area (Å²) in [5.41, 5.74) is 2.68. The minimum absolute atomic E-state index is 0.0458. The summed E-state index contributed by atoms with van der Waals surface area (Å²) >= 11 is 0. The largest absolute Gasteiger partial charge is 0.304 e. The smallest absolute Gasteiger partial charge is 0.274 e. The predicted molar refractivity (Wildman–Crippen MR) is 123 cm³/mol. The maximum Gasteiger partial charge on any atom is 0.274 e. The second-order valence-electron chi connectivity index (χ2n) is 8.19. The Bertz CT molecular complexity index is 1370. The van der Waals surface area contributed by atoms with Gasteiger partial charge in [-0.3, -0.25) is 14.5 Å². The molecule has 168 valence electrons. The Labute approximate surface area is 191 Å². The van der Waals surface area contributed by atoms with E-state index in [0.717, 1.165) is 16.9 Å². The number of rotatable bonds is 4. The molecule has 5 rings (SSSR count). The van der Waals surface area contributed by atoms with Gasteiger partial charge in [0, 0.05) is 11.3 Å². The number of benzene rings is 3. The highest BCUT2D eigenvalue weighted by molar-refractivity contribution is 7.94. The van der Waals surface area contributed by atoms with Crippen LogP contribution in [0.1, 0.15) is 23.6 Å². The summed E-state index contributed by atoms with van der Waals surface area (Å²) < 4.78 is 40.5. The lowest BCUT2D eigenvalue weighted by molar-refractivity contribution is -0.123. The minimum atomic E-state index is -4.22. The van der Waals surface area contributed by atoms with Crippen molar-refractivity contribution in [1.82, 2.24) is 0 Å². The van der Waals surface area contributed by atoms with Crippen molar-refractivity contribution in [2.75, 3.05) is 15.6 Å². The fraction of sp³-hybridized carbons (Fsp3) is 0.200. The normalized spacial score (nSPS) is 21.2. The van der Waals surface area contributed by atoms with Crippen LogP contribution in [0.15, 0.2) is 72.8 Å². The maximum absolute atomic E-state index is 14.0. The molecule has 2 amide bonds. The Morgan fingerprint density at radius 2 is 1.55 bits per heavy atom. The first kappa shape index (κ1) is 21.3. The molecule has 0 saturated carbocycles. The maximum atomic E-state index is 14.0. The van der Waals surface area contributed by atoms with Crippen LogP contribution in [0.4, 0.5) is 15.8 Å². The summed E-state index contributed by atoms with van der Waals surface area (Å²) in [6.07, 6.45) is 0.783. The van der Waals surface area contributed by atoms with Gasteiger partial charge in [-0.2, -0.15) is 0 Å². The molecule has 1 fully saturated rings. The Hall–Kier alpha value is -3.52. The number of aryl methyl sites for hydroxylation is 1. The van der Waals surface area contributed by atoms with Crippen LogP contribution < -0.4 is 9.80 Å². The fourth-order valence-electron chi connectivity index (χ4n) is 4.70. The molecule has 33 heavy (non-hydrogen) atoms. The number of hydrogen-bond donors (Lipinski definition) is 0. The van der Waals surface area contributed by atoms with E-state index >= 15 is 0 Å². The summed E-state index contributed by atoms with van der Waals surface area (Å²) in [5, 5.41) is 0. The van der Waals surface area contributed by atoms with Gasteiger partial charge < -0.3 is 4.90 Å². The van der Waals surface area contributed by atoms with E-state index in [0.29, 0.717) is 16.9 Å². The predicted octanol–water partition coefficient (Wildman–Crippen LogP) is 3.55. The first-order valence-electron chi connectivity index (χ1n) is 10.6. The van der Waals surface area contributed by atoms with Crippen LogP contribution in [-0.2, 0) is 37.3 Å². The average molecular weight is 465 g/mol. The van der Waals surface area contributed by atoms with Gasteiger partial charge in [0.25, 0.3) is 10.8 Å². The number of sulfone groups is 1. The second-order valence-corrected chi connectivity index (χ2v) is 10.3. The number of carbonyl (C=O) groups excluding carboxylic acids is 2. The van der Waals surface area contributed by atoms with Gasteiger partial charge in [-0.15, -0.1) is 0 Å². The zero-order valence-corrected chi connectivity index (χ0v) is 18.7. The molecule has 3 aromatic carbocycles. The molecule has 2 aliphatic heterocycles. The molecule has 2 heterocycles. The molecule has 1 atom stereocenters. The number of nitrogens with zero attached hydrogens (tertiary/aromatic N) is 2. The highest BCUT2D eigenvalue weighted by Gasteiger charge is 2.69. The van der Waals surface area contributed by atoms with E-state index in [1.54, 1.807) is 48.5 Å². The molecule has 3 aromatic rings. The molecule has 1 spiro atoms. The van der Waals surface area contributed by atoms with E-state index in [9.17, 15) is 22.4 Å². The Kier molecular flexibility index (Phi) is 4.86. The Balaban J connectivity index is 1.70. The van der Waals surface area contributed by atoms with Crippen molar-refractivity contribution in [3.05, 3.63) is 95.3 Å². The second kappa shape index (κ2) is 7.52. The number of halogens is 1. The summed E-state index contributed by atoms with van der Waals surface area (Å²) in [7, 11) is -4.22. The van der Waals surface area contributed by atoms with Crippen LogP contribution in [0.5, 0.6) is 0 Å². The molecule has 6 nitrogen and oxygen atoms in total. The Morgan fingerprint density at radius 3 is 2.21 bits per heavy atom. The van der Waals surface area contributed by atoms with E-state index in [2.05, 4.69) is 0 Å². The molecule has 0 aliphatic carbocycles. The summed E-state index contributed by atoms with van der Waals surface area (Å²) in [6, 6.07) is 19.3. The summed E-state index contributed by atoms with van der Waals surface area (Å²) in [6.45, 7) is 2.04. The molecule has 0 bridgehead atoms. The molecular formula is C25H21FN2O4S. The first-order valence-corrected chi connectivity index (χ1v) is 12.2. The quantitative estimate of drug-likeness (QED) is 0.592. The van der Waals surface area contributed by atoms with Crippen molar-refractivity contribution in [2.45, 2.75) is 24.8 Å². The van der Waals surface area contributed by atoms with Crippen LogP contribution in [0, 0.1) is 5.82 Å². The number of anilines is 2. The van der Waals surface area contributed by atoms with Crippen molar-refractivity contribution in [3.63, 3.8) is 0 Å². The van der Waals surface area contributed by atoms with Gasteiger partial charge >= 0.3 is 0 Å². The van der Waals surface area contributed by atoms with Crippen LogP contribution >= 0.6 is 0 Å². The molecule has 0 radical (unpaired) electrons. The van der Waals surface area contributed by atoms with Crippen molar-refractivity contribution < 1.29 is 22.4 Å². The van der Waals surface area contributed by atoms with Crippen molar-refractivity contribution in [3.8, 4) is 0 Å². The molecule has 0 unspecified atom stereocenters. The van der Waals surface area contributed by atoms with Gasteiger partial charge in [0.1, 0.15) is 11.6 Å². The first-order chi connectivity index (χ1) is 15.8. The van der Waals surface area contributed by atoms with Crippen molar-refractivity contribution in [2.24, 2.45) is 0 Å². The third kappa shape index (κ3) is 3.01. The summed E-state index contributed by atoms with van der Waals surface area (Å²) in [5.74, 6) is -2.52. The van der Waals surface area contributed by atoms with Gasteiger partial charge in [0.05, 0.1) is 12.2 Å². The number of amides is 2. The van der Waals surface area contributed by atoms with E-state index in [1.807, 2.05) is 19.1 Å². The molecule has 1 saturated heterocycles. The third-order valence-corrected chi connectivity index (χ3v) is 8.38. The monoisotopic (exact) mass is 464 g/mol. The van der Waals surface area contributed by atoms with E-state index < -0.39 is 38.1 Å². The zero-order chi connectivity index (χ0) is 23.4. The lowest BCUT2D eigenvalue weighted by atomic mass is 10.0. The third-order valence-electron chi connectivity index (χ3n) is 6.28. The lowest BCUT2D eigenvalue weighted by Gasteiger charge is -2.32. The molecule has 8 heteroatoms. The highest BCUT2D eigenvalue weighted by atomic mass is 32.2. The van der Waals surface area contributed by atoms with Gasteiger partial charge in [-0.05, 0) is 47.9 Å². The van der Waals surface area contributed by atoms with E-state index in [1.165, 1.54) is 17.0 Å². The number of fused-ring (bicyclic) bond motifs is 2. The van der Waals surface area contributed by atoms with E-state index in [-0.39, 0.29) is 12.1 Å². The lowest BCUT2D eigenvalue weighted by Crippen LogP contribution is -2.54. The van der Waals surface area contributed by atoms with Gasteiger partial charge in [0.15, 0.2) is 9.84 Å². The minimum Gasteiger partial charge on any atom is -0.304 e. The van der Waals surface area contributed by atoms with Crippen LogP contribution in [0.2, 0.25) is 0 Å². The topological polar surface area (TPSA) is 74.8 Å². The average Bonchev–Trinajstić information content (AvgIpc) is 3.18. The van der Waals surface area contributed by atoms with Gasteiger partial charge in [0.2, 0.25) is 5.91 Å². The number of carbonyl (C=O) groups is 2. The number of hydrogen-bond acceptors (Lipinski definition) is 4. The zero-order valence-electron chi connectivity index (χ0n) is 17.9. The molecule has 0 aromatic heterocycles. The van der Waals surface area contributed by atoms with Crippen LogP contribution in [0.3, 0.4) is 0 Å². The Morgan fingerprint density at radius 1 is 0.909 bits per heavy atom. The summed E-state index contributed by atoms with van der Waals surface area (Å²) in [4.78, 5) is 27.4. The number of para-hydroxylation sites is 1. The standard InChI is InChI=1S/C25H21FN2O4S/c1-2-17-9-13-20(14-10-17)28-23(29)16-33(31,32)25(28)21-5-3-4-6-22(21)27(24(25)30)15-18-7-11-19(26)12-8-18/h3-14H,2,15-16H2,1H3/t25-/m1/s1. The van der Waals surface area contributed by atoms with E-state index in [4.69, 9.17) is 0 Å². The molecular weight excluding hydrogens is 443 g/mol. The molecule has 2 aliphatic rings. The molecule has 0 N–H and O–H groups in total. The van der Waals surface area contributed by atoms with Crippen LogP contribution in [-0.4, -0.2) is 26.0 Å². The van der Waals surface area contributed by atoms with Crippen LogP contribution in [0.25, 0.3) is 0 Å². The van der Waals surface area contributed by atoms with Gasteiger partial charge in [-0.1, -0.05) is 49.4 Å².